The average Bonchev–Trinajstić information content (AvgIpc) is 2.62. The molecule has 0 radical (unpaired) electrons. The second-order valence-corrected chi connectivity index (χ2v) is 5.17. The maximum Gasteiger partial charge on any atom is 0.122 e. The number of benzene rings is 1. The van der Waals surface area contributed by atoms with Crippen LogP contribution in [0.1, 0.15) is 22.9 Å². The Morgan fingerprint density at radius 1 is 1.47 bits per heavy atom. The van der Waals surface area contributed by atoms with Crippen LogP contribution in [0.4, 0.5) is 0 Å². The number of aliphatic hydroxyl groups excluding tert-OH is 1. The van der Waals surface area contributed by atoms with Gasteiger partial charge in [0.05, 0.1) is 16.9 Å². The van der Waals surface area contributed by atoms with E-state index in [1.54, 1.807) is 11.7 Å². The molecule has 0 aliphatic heterocycles. The summed E-state index contributed by atoms with van der Waals surface area (Å²) in [5.41, 5.74) is 2.51. The topological polar surface area (TPSA) is 38.1 Å². The second-order valence-electron chi connectivity index (χ2n) is 3.91. The molecule has 1 heterocycles. The Bertz CT molecular complexity index is 534. The molecule has 0 saturated carbocycles. The first kappa shape index (κ1) is 12.6. The number of aromatic nitrogens is 2. The van der Waals surface area contributed by atoms with Crippen molar-refractivity contribution in [1.29, 1.82) is 0 Å². The highest BCUT2D eigenvalue weighted by Crippen LogP contribution is 2.29. The van der Waals surface area contributed by atoms with Crippen molar-refractivity contribution in [2.24, 2.45) is 7.05 Å². The third-order valence-corrected chi connectivity index (χ3v) is 3.85. The van der Waals surface area contributed by atoms with Gasteiger partial charge in [-0.25, -0.2) is 0 Å². The fourth-order valence-electron chi connectivity index (χ4n) is 1.66. The quantitative estimate of drug-likeness (QED) is 0.924. The summed E-state index contributed by atoms with van der Waals surface area (Å²) >= 11 is 9.45. The minimum Gasteiger partial charge on any atom is -0.382 e. The zero-order valence-corrected chi connectivity index (χ0v) is 11.8. The van der Waals surface area contributed by atoms with E-state index in [1.807, 2.05) is 25.1 Å². The van der Waals surface area contributed by atoms with Crippen molar-refractivity contribution < 1.29 is 5.11 Å². The summed E-state index contributed by atoms with van der Waals surface area (Å²) in [5, 5.41) is 14.8. The van der Waals surface area contributed by atoms with Crippen molar-refractivity contribution in [2.75, 3.05) is 0 Å². The van der Waals surface area contributed by atoms with Gasteiger partial charge in [-0.2, -0.15) is 5.10 Å². The number of aliphatic hydroxyl groups is 1. The molecule has 90 valence electrons. The highest BCUT2D eigenvalue weighted by atomic mass is 79.9. The minimum atomic E-state index is -0.771. The lowest BCUT2D eigenvalue weighted by Gasteiger charge is -2.13. The molecule has 17 heavy (non-hydrogen) atoms. The summed E-state index contributed by atoms with van der Waals surface area (Å²) in [6.07, 6.45) is 0.760. The summed E-state index contributed by atoms with van der Waals surface area (Å²) in [6.45, 7) is 2.00. The van der Waals surface area contributed by atoms with Crippen LogP contribution < -0.4 is 0 Å². The first-order valence-electron chi connectivity index (χ1n) is 5.12. The predicted octanol–water partition coefficient (Wildman–Crippen LogP) is 3.23. The van der Waals surface area contributed by atoms with Gasteiger partial charge in [0.1, 0.15) is 6.10 Å². The Labute approximate surface area is 113 Å². The molecule has 0 bridgehead atoms. The number of aryl methyl sites for hydroxylation is 2. The van der Waals surface area contributed by atoms with Crippen LogP contribution in [0, 0.1) is 6.92 Å². The molecule has 1 unspecified atom stereocenters. The largest absolute Gasteiger partial charge is 0.382 e. The van der Waals surface area contributed by atoms with E-state index in [1.165, 1.54) is 6.20 Å². The highest BCUT2D eigenvalue weighted by molar-refractivity contribution is 9.10. The van der Waals surface area contributed by atoms with Gasteiger partial charge in [-0.05, 0) is 24.1 Å². The van der Waals surface area contributed by atoms with Crippen LogP contribution in [-0.4, -0.2) is 14.9 Å². The van der Waals surface area contributed by atoms with Crippen molar-refractivity contribution in [3.63, 3.8) is 0 Å². The molecule has 1 atom stereocenters. The first-order valence-corrected chi connectivity index (χ1v) is 6.29. The maximum atomic E-state index is 10.3. The van der Waals surface area contributed by atoms with Crippen LogP contribution >= 0.6 is 27.5 Å². The van der Waals surface area contributed by atoms with Crippen LogP contribution in [-0.2, 0) is 7.05 Å². The maximum absolute atomic E-state index is 10.3. The minimum absolute atomic E-state index is 0.469. The number of hydrogen-bond donors (Lipinski definition) is 1. The first-order chi connectivity index (χ1) is 8.00. The Kier molecular flexibility index (Phi) is 3.56. The molecule has 0 aliphatic carbocycles. The van der Waals surface area contributed by atoms with Gasteiger partial charge in [-0.15, -0.1) is 0 Å². The summed E-state index contributed by atoms with van der Waals surface area (Å²) < 4.78 is 2.55. The summed E-state index contributed by atoms with van der Waals surface area (Å²) in [5.74, 6) is 0. The molecule has 2 aromatic rings. The molecule has 1 aromatic heterocycles. The van der Waals surface area contributed by atoms with Crippen LogP contribution in [0.2, 0.25) is 5.02 Å². The SMILES string of the molecule is Cc1ccc(C(O)c2c(Cl)cnn2C)cc1Br. The van der Waals surface area contributed by atoms with Gasteiger partial charge in [0, 0.05) is 11.5 Å². The summed E-state index contributed by atoms with van der Waals surface area (Å²) in [6, 6.07) is 5.73. The standard InChI is InChI=1S/C12H12BrClN2O/c1-7-3-4-8(5-9(7)13)12(17)11-10(14)6-15-16(11)2/h3-6,12,17H,1-2H3. The van der Waals surface area contributed by atoms with E-state index in [0.29, 0.717) is 10.7 Å². The lowest BCUT2D eigenvalue weighted by molar-refractivity contribution is 0.210. The van der Waals surface area contributed by atoms with E-state index in [9.17, 15) is 5.11 Å². The monoisotopic (exact) mass is 314 g/mol. The molecule has 0 spiro atoms. The van der Waals surface area contributed by atoms with Gasteiger partial charge in [0.15, 0.2) is 0 Å². The van der Waals surface area contributed by atoms with E-state index in [-0.39, 0.29) is 0 Å². The van der Waals surface area contributed by atoms with E-state index < -0.39 is 6.10 Å². The van der Waals surface area contributed by atoms with Crippen molar-refractivity contribution in [3.05, 3.63) is 50.7 Å². The lowest BCUT2D eigenvalue weighted by atomic mass is 10.1. The van der Waals surface area contributed by atoms with Gasteiger partial charge < -0.3 is 5.11 Å². The molecular weight excluding hydrogens is 304 g/mol. The molecule has 0 saturated heterocycles. The summed E-state index contributed by atoms with van der Waals surface area (Å²) in [7, 11) is 1.76. The van der Waals surface area contributed by atoms with Crippen LogP contribution in [0.15, 0.2) is 28.9 Å². The fraction of sp³-hybridized carbons (Fsp3) is 0.250. The predicted molar refractivity (Wildman–Crippen MR) is 71.2 cm³/mol. The molecule has 1 N–H and O–H groups in total. The van der Waals surface area contributed by atoms with E-state index >= 15 is 0 Å². The molecule has 0 amide bonds. The van der Waals surface area contributed by atoms with Crippen molar-refractivity contribution in [1.82, 2.24) is 9.78 Å². The number of nitrogens with zero attached hydrogens (tertiary/aromatic N) is 2. The van der Waals surface area contributed by atoms with Gasteiger partial charge >= 0.3 is 0 Å². The van der Waals surface area contributed by atoms with E-state index in [0.717, 1.165) is 15.6 Å². The Morgan fingerprint density at radius 2 is 2.18 bits per heavy atom. The zero-order chi connectivity index (χ0) is 12.6. The van der Waals surface area contributed by atoms with Crippen LogP contribution in [0.3, 0.4) is 0 Å². The van der Waals surface area contributed by atoms with Gasteiger partial charge in [0.25, 0.3) is 0 Å². The smallest absolute Gasteiger partial charge is 0.122 e. The molecular formula is C12H12BrClN2O. The molecule has 0 aliphatic rings. The van der Waals surface area contributed by atoms with Gasteiger partial charge in [-0.1, -0.05) is 39.7 Å². The number of rotatable bonds is 2. The Hall–Kier alpha value is -0.840. The molecule has 0 fully saturated rings. The van der Waals surface area contributed by atoms with Crippen molar-refractivity contribution in [3.8, 4) is 0 Å². The number of halogens is 2. The van der Waals surface area contributed by atoms with Crippen LogP contribution in [0.5, 0.6) is 0 Å². The Balaban J connectivity index is 2.43. The normalized spacial score (nSPS) is 12.8. The van der Waals surface area contributed by atoms with Crippen molar-refractivity contribution in [2.45, 2.75) is 13.0 Å². The molecule has 2 rings (SSSR count). The van der Waals surface area contributed by atoms with E-state index in [2.05, 4.69) is 21.0 Å². The second kappa shape index (κ2) is 4.80. The van der Waals surface area contributed by atoms with Gasteiger partial charge in [-0.3, -0.25) is 4.68 Å². The molecule has 1 aromatic carbocycles. The highest BCUT2D eigenvalue weighted by Gasteiger charge is 2.18. The van der Waals surface area contributed by atoms with E-state index in [4.69, 9.17) is 11.6 Å². The van der Waals surface area contributed by atoms with Crippen LogP contribution in [0.25, 0.3) is 0 Å². The zero-order valence-electron chi connectivity index (χ0n) is 9.48. The fourth-order valence-corrected chi connectivity index (χ4v) is 2.33. The average molecular weight is 316 g/mol. The molecule has 5 heteroatoms. The van der Waals surface area contributed by atoms with Crippen molar-refractivity contribution >= 4 is 27.5 Å². The molecule has 3 nitrogen and oxygen atoms in total. The number of hydrogen-bond acceptors (Lipinski definition) is 2. The van der Waals surface area contributed by atoms with Gasteiger partial charge in [0.2, 0.25) is 0 Å². The summed E-state index contributed by atoms with van der Waals surface area (Å²) in [4.78, 5) is 0. The lowest BCUT2D eigenvalue weighted by Crippen LogP contribution is -2.07. The third-order valence-electron chi connectivity index (χ3n) is 2.71. The Morgan fingerprint density at radius 3 is 2.71 bits per heavy atom. The third kappa shape index (κ3) is 2.39.